The van der Waals surface area contributed by atoms with Crippen LogP contribution in [0.5, 0.6) is 0 Å². The number of thioether (sulfide) groups is 1. The molecule has 0 unspecified atom stereocenters. The number of thiazole rings is 1. The van der Waals surface area contributed by atoms with E-state index in [2.05, 4.69) is 15.2 Å². The summed E-state index contributed by atoms with van der Waals surface area (Å²) in [6.45, 7) is 5.72. The first-order valence-corrected chi connectivity index (χ1v) is 7.52. The molecule has 0 aromatic carbocycles. The molecule has 0 aliphatic carbocycles. The number of amides is 1. The van der Waals surface area contributed by atoms with E-state index in [9.17, 15) is 9.59 Å². The zero-order valence-electron chi connectivity index (χ0n) is 10.3. The highest BCUT2D eigenvalue weighted by Gasteiger charge is 2.30. The van der Waals surface area contributed by atoms with Gasteiger partial charge < -0.3 is 10.2 Å². The summed E-state index contributed by atoms with van der Waals surface area (Å²) in [5.74, 6) is -0.129. The maximum absolute atomic E-state index is 11.6. The van der Waals surface area contributed by atoms with Crippen molar-refractivity contribution in [3.05, 3.63) is 11.1 Å². The van der Waals surface area contributed by atoms with Gasteiger partial charge in [-0.2, -0.15) is 0 Å². The summed E-state index contributed by atoms with van der Waals surface area (Å²) in [6, 6.07) is 0. The lowest BCUT2D eigenvalue weighted by Gasteiger charge is -2.37. The van der Waals surface area contributed by atoms with E-state index in [4.69, 9.17) is 0 Å². The minimum absolute atomic E-state index is 0.129. The van der Waals surface area contributed by atoms with Gasteiger partial charge in [0.2, 0.25) is 0 Å². The molecule has 2 heterocycles. The summed E-state index contributed by atoms with van der Waals surface area (Å²) < 4.78 is 0. The van der Waals surface area contributed by atoms with Gasteiger partial charge in [0.15, 0.2) is 10.2 Å². The van der Waals surface area contributed by atoms with Crippen LogP contribution in [0.25, 0.3) is 0 Å². The Bertz CT molecular complexity index is 455. The Kier molecular flexibility index (Phi) is 4.23. The zero-order valence-corrected chi connectivity index (χ0v) is 11.9. The van der Waals surface area contributed by atoms with E-state index in [1.807, 2.05) is 6.92 Å². The Hall–Kier alpha value is -1.08. The Morgan fingerprint density at radius 2 is 2.33 bits per heavy atom. The number of nitrogens with zero attached hydrogens (tertiary/aromatic N) is 2. The van der Waals surface area contributed by atoms with Crippen LogP contribution in [0.2, 0.25) is 0 Å². The molecule has 0 bridgehead atoms. The fourth-order valence-electron chi connectivity index (χ4n) is 1.67. The predicted molar refractivity (Wildman–Crippen MR) is 74.4 cm³/mol. The second kappa shape index (κ2) is 5.71. The monoisotopic (exact) mass is 285 g/mol. The smallest absolute Gasteiger partial charge is 0.270 e. The standard InChI is InChI=1S/C11H15N3O2S2/c1-3-12-10(16)9-6-17-11(13-9)14-4-8(5-14)18-7(2)15/h6,8H,3-5H2,1-2H3,(H,12,16). The van der Waals surface area contributed by atoms with Crippen molar-refractivity contribution in [1.29, 1.82) is 0 Å². The van der Waals surface area contributed by atoms with Gasteiger partial charge in [0.1, 0.15) is 5.69 Å². The van der Waals surface area contributed by atoms with Crippen LogP contribution in [-0.4, -0.2) is 40.9 Å². The minimum Gasteiger partial charge on any atom is -0.351 e. The number of rotatable bonds is 4. The first kappa shape index (κ1) is 13.4. The molecule has 1 N–H and O–H groups in total. The van der Waals surface area contributed by atoms with Gasteiger partial charge in [0.05, 0.1) is 0 Å². The Morgan fingerprint density at radius 1 is 1.61 bits per heavy atom. The third-order valence-corrected chi connectivity index (χ3v) is 4.38. The van der Waals surface area contributed by atoms with Gasteiger partial charge in [-0.15, -0.1) is 11.3 Å². The molecule has 1 saturated heterocycles. The van der Waals surface area contributed by atoms with Crippen LogP contribution in [0.15, 0.2) is 5.38 Å². The summed E-state index contributed by atoms with van der Waals surface area (Å²) in [6.07, 6.45) is 0. The Labute approximate surface area is 114 Å². The number of hydrogen-bond donors (Lipinski definition) is 1. The SMILES string of the molecule is CCNC(=O)c1csc(N2CC(SC(C)=O)C2)n1. The molecule has 98 valence electrons. The van der Waals surface area contributed by atoms with Crippen LogP contribution in [0.4, 0.5) is 5.13 Å². The third kappa shape index (κ3) is 3.02. The molecule has 0 saturated carbocycles. The highest BCUT2D eigenvalue weighted by atomic mass is 32.2. The number of carbonyl (C=O) groups excluding carboxylic acids is 2. The molecule has 1 amide bonds. The van der Waals surface area contributed by atoms with Crippen molar-refractivity contribution in [3.63, 3.8) is 0 Å². The lowest BCUT2D eigenvalue weighted by Crippen LogP contribution is -2.49. The topological polar surface area (TPSA) is 62.3 Å². The van der Waals surface area contributed by atoms with E-state index < -0.39 is 0 Å². The highest BCUT2D eigenvalue weighted by Crippen LogP contribution is 2.30. The molecular weight excluding hydrogens is 270 g/mol. The van der Waals surface area contributed by atoms with E-state index in [-0.39, 0.29) is 11.0 Å². The van der Waals surface area contributed by atoms with E-state index in [1.165, 1.54) is 23.1 Å². The molecule has 1 aliphatic heterocycles. The van der Waals surface area contributed by atoms with Crippen LogP contribution >= 0.6 is 23.1 Å². The Morgan fingerprint density at radius 3 is 2.94 bits per heavy atom. The maximum Gasteiger partial charge on any atom is 0.270 e. The molecule has 1 aliphatic rings. The summed E-state index contributed by atoms with van der Waals surface area (Å²) in [5.41, 5.74) is 0.472. The zero-order chi connectivity index (χ0) is 13.1. The lowest BCUT2D eigenvalue weighted by molar-refractivity contribution is -0.109. The molecule has 7 heteroatoms. The third-order valence-electron chi connectivity index (χ3n) is 2.51. The predicted octanol–water partition coefficient (Wildman–Crippen LogP) is 1.36. The van der Waals surface area contributed by atoms with Crippen LogP contribution in [-0.2, 0) is 4.79 Å². The van der Waals surface area contributed by atoms with E-state index >= 15 is 0 Å². The average molecular weight is 285 g/mol. The van der Waals surface area contributed by atoms with Crippen molar-refractivity contribution in [2.24, 2.45) is 0 Å². The molecule has 1 fully saturated rings. The highest BCUT2D eigenvalue weighted by molar-refractivity contribution is 8.14. The first-order valence-electron chi connectivity index (χ1n) is 5.76. The van der Waals surface area contributed by atoms with Gasteiger partial charge in [-0.1, -0.05) is 11.8 Å². The van der Waals surface area contributed by atoms with Gasteiger partial charge in [-0.05, 0) is 6.92 Å². The van der Waals surface area contributed by atoms with E-state index in [1.54, 1.807) is 12.3 Å². The number of carbonyl (C=O) groups is 2. The summed E-state index contributed by atoms with van der Waals surface area (Å²) in [7, 11) is 0. The fourth-order valence-corrected chi connectivity index (χ4v) is 3.47. The number of anilines is 1. The molecular formula is C11H15N3O2S2. The summed E-state index contributed by atoms with van der Waals surface area (Å²) in [5, 5.41) is 5.87. The van der Waals surface area contributed by atoms with Gasteiger partial charge in [-0.25, -0.2) is 4.98 Å². The molecule has 0 atom stereocenters. The number of aromatic nitrogens is 1. The first-order chi connectivity index (χ1) is 8.60. The van der Waals surface area contributed by atoms with Gasteiger partial charge >= 0.3 is 0 Å². The normalized spacial score (nSPS) is 15.3. The second-order valence-electron chi connectivity index (χ2n) is 4.01. The average Bonchev–Trinajstić information content (AvgIpc) is 2.71. The van der Waals surface area contributed by atoms with Gasteiger partial charge in [0, 0.05) is 37.2 Å². The van der Waals surface area contributed by atoms with Crippen LogP contribution in [0.1, 0.15) is 24.3 Å². The van der Waals surface area contributed by atoms with Crippen LogP contribution in [0.3, 0.4) is 0 Å². The number of nitrogens with one attached hydrogen (secondary N) is 1. The van der Waals surface area contributed by atoms with Crippen LogP contribution in [0, 0.1) is 0 Å². The van der Waals surface area contributed by atoms with Crippen molar-refractivity contribution < 1.29 is 9.59 Å². The molecule has 1 aromatic rings. The Balaban J connectivity index is 1.89. The van der Waals surface area contributed by atoms with Crippen molar-refractivity contribution in [1.82, 2.24) is 10.3 Å². The number of hydrogen-bond acceptors (Lipinski definition) is 6. The van der Waals surface area contributed by atoms with Crippen molar-refractivity contribution >= 4 is 39.3 Å². The molecule has 0 spiro atoms. The second-order valence-corrected chi connectivity index (χ2v) is 6.33. The maximum atomic E-state index is 11.6. The molecule has 18 heavy (non-hydrogen) atoms. The van der Waals surface area contributed by atoms with Gasteiger partial charge in [0.25, 0.3) is 5.91 Å². The molecule has 1 aromatic heterocycles. The minimum atomic E-state index is -0.129. The molecule has 5 nitrogen and oxygen atoms in total. The van der Waals surface area contributed by atoms with Crippen molar-refractivity contribution in [2.45, 2.75) is 19.1 Å². The fraction of sp³-hybridized carbons (Fsp3) is 0.545. The summed E-state index contributed by atoms with van der Waals surface area (Å²) in [4.78, 5) is 28.9. The van der Waals surface area contributed by atoms with Crippen molar-refractivity contribution in [2.75, 3.05) is 24.5 Å². The van der Waals surface area contributed by atoms with E-state index in [0.717, 1.165) is 18.2 Å². The quantitative estimate of drug-likeness (QED) is 0.905. The lowest BCUT2D eigenvalue weighted by atomic mass is 10.2. The summed E-state index contributed by atoms with van der Waals surface area (Å²) >= 11 is 2.85. The van der Waals surface area contributed by atoms with Crippen LogP contribution < -0.4 is 10.2 Å². The van der Waals surface area contributed by atoms with Gasteiger partial charge in [-0.3, -0.25) is 9.59 Å². The van der Waals surface area contributed by atoms with Crippen molar-refractivity contribution in [3.8, 4) is 0 Å². The molecule has 2 rings (SSSR count). The largest absolute Gasteiger partial charge is 0.351 e. The molecule has 0 radical (unpaired) electrons. The van der Waals surface area contributed by atoms with E-state index in [0.29, 0.717) is 17.5 Å².